The SMILES string of the molecule is N#C[C@@H]1C[C@H]1CS(N)(=O)=O. The monoisotopic (exact) mass is 160 g/mol. The summed E-state index contributed by atoms with van der Waals surface area (Å²) in [6, 6.07) is 1.99. The van der Waals surface area contributed by atoms with E-state index in [-0.39, 0.29) is 17.6 Å². The van der Waals surface area contributed by atoms with Crippen LogP contribution >= 0.6 is 0 Å². The van der Waals surface area contributed by atoms with E-state index in [2.05, 4.69) is 0 Å². The molecule has 5 heteroatoms. The summed E-state index contributed by atoms with van der Waals surface area (Å²) in [4.78, 5) is 0. The van der Waals surface area contributed by atoms with Crippen LogP contribution < -0.4 is 5.14 Å². The molecule has 4 nitrogen and oxygen atoms in total. The average molecular weight is 160 g/mol. The van der Waals surface area contributed by atoms with Gasteiger partial charge in [-0.3, -0.25) is 0 Å². The largest absolute Gasteiger partial charge is 0.229 e. The van der Waals surface area contributed by atoms with Gasteiger partial charge >= 0.3 is 0 Å². The maximum atomic E-state index is 10.4. The smallest absolute Gasteiger partial charge is 0.209 e. The second-order valence-electron chi connectivity index (χ2n) is 2.56. The van der Waals surface area contributed by atoms with Crippen molar-refractivity contribution >= 4 is 10.0 Å². The van der Waals surface area contributed by atoms with Crippen LogP contribution in [0.3, 0.4) is 0 Å². The maximum absolute atomic E-state index is 10.4. The topological polar surface area (TPSA) is 83.9 Å². The van der Waals surface area contributed by atoms with E-state index >= 15 is 0 Å². The van der Waals surface area contributed by atoms with Gasteiger partial charge in [-0.05, 0) is 12.3 Å². The number of nitriles is 1. The summed E-state index contributed by atoms with van der Waals surface area (Å²) < 4.78 is 20.8. The molecule has 1 rings (SSSR count). The van der Waals surface area contributed by atoms with Gasteiger partial charge in [-0.25, -0.2) is 13.6 Å². The highest BCUT2D eigenvalue weighted by Gasteiger charge is 2.39. The third-order valence-corrected chi connectivity index (χ3v) is 2.43. The number of hydrogen-bond donors (Lipinski definition) is 1. The van der Waals surface area contributed by atoms with Crippen LogP contribution in [0.15, 0.2) is 0 Å². The van der Waals surface area contributed by atoms with E-state index in [1.807, 2.05) is 6.07 Å². The Bertz CT molecular complexity index is 264. The van der Waals surface area contributed by atoms with Crippen molar-refractivity contribution in [3.63, 3.8) is 0 Å². The molecule has 1 aliphatic carbocycles. The Balaban J connectivity index is 2.40. The Morgan fingerprint density at radius 1 is 1.70 bits per heavy atom. The predicted octanol–water partition coefficient (Wildman–Crippen LogP) is -0.565. The van der Waals surface area contributed by atoms with Crippen LogP contribution in [0.4, 0.5) is 0 Å². The van der Waals surface area contributed by atoms with Crippen LogP contribution in [-0.4, -0.2) is 14.2 Å². The van der Waals surface area contributed by atoms with Crippen LogP contribution in [0, 0.1) is 23.2 Å². The summed E-state index contributed by atoms with van der Waals surface area (Å²) in [6.45, 7) is 0. The summed E-state index contributed by atoms with van der Waals surface area (Å²) >= 11 is 0. The van der Waals surface area contributed by atoms with Gasteiger partial charge in [-0.15, -0.1) is 0 Å². The molecule has 0 spiro atoms. The Hall–Kier alpha value is -0.600. The molecule has 2 N–H and O–H groups in total. The molecule has 1 saturated carbocycles. The molecule has 0 amide bonds. The van der Waals surface area contributed by atoms with E-state index in [9.17, 15) is 8.42 Å². The van der Waals surface area contributed by atoms with Crippen molar-refractivity contribution in [3.8, 4) is 6.07 Å². The van der Waals surface area contributed by atoms with Gasteiger partial charge in [0.2, 0.25) is 10.0 Å². The zero-order valence-corrected chi connectivity index (χ0v) is 6.13. The lowest BCUT2D eigenvalue weighted by Gasteiger charge is -1.91. The Labute approximate surface area is 59.7 Å². The van der Waals surface area contributed by atoms with Gasteiger partial charge < -0.3 is 0 Å². The number of hydrogen-bond acceptors (Lipinski definition) is 3. The summed E-state index contributed by atoms with van der Waals surface area (Å²) in [5.74, 6) is -0.107. The molecule has 0 saturated heterocycles. The van der Waals surface area contributed by atoms with Crippen molar-refractivity contribution < 1.29 is 8.42 Å². The van der Waals surface area contributed by atoms with Crippen LogP contribution in [0.1, 0.15) is 6.42 Å². The van der Waals surface area contributed by atoms with E-state index in [0.717, 1.165) is 0 Å². The summed E-state index contributed by atoms with van der Waals surface area (Å²) in [5.41, 5.74) is 0. The summed E-state index contributed by atoms with van der Waals surface area (Å²) in [7, 11) is -3.36. The molecule has 0 bridgehead atoms. The molecule has 2 atom stereocenters. The Kier molecular flexibility index (Phi) is 1.67. The zero-order valence-electron chi connectivity index (χ0n) is 5.32. The number of primary sulfonamides is 1. The minimum atomic E-state index is -3.36. The first kappa shape index (κ1) is 7.51. The van der Waals surface area contributed by atoms with Gasteiger partial charge in [0, 0.05) is 0 Å². The van der Waals surface area contributed by atoms with Crippen molar-refractivity contribution in [1.82, 2.24) is 0 Å². The van der Waals surface area contributed by atoms with Gasteiger partial charge in [-0.1, -0.05) is 0 Å². The molecule has 0 aromatic carbocycles. The number of nitrogens with zero attached hydrogens (tertiary/aromatic N) is 1. The third kappa shape index (κ3) is 1.97. The highest BCUT2D eigenvalue weighted by Crippen LogP contribution is 2.38. The van der Waals surface area contributed by atoms with Gasteiger partial charge in [-0.2, -0.15) is 5.26 Å². The number of rotatable bonds is 2. The van der Waals surface area contributed by atoms with Gasteiger partial charge in [0.15, 0.2) is 0 Å². The average Bonchev–Trinajstić information content (AvgIpc) is 2.42. The Morgan fingerprint density at radius 2 is 2.30 bits per heavy atom. The third-order valence-electron chi connectivity index (χ3n) is 1.53. The number of nitrogens with two attached hydrogens (primary N) is 1. The first-order valence-electron chi connectivity index (χ1n) is 2.93. The second kappa shape index (κ2) is 2.22. The van der Waals surface area contributed by atoms with Gasteiger partial charge in [0.05, 0.1) is 17.7 Å². The lowest BCUT2D eigenvalue weighted by molar-refractivity contribution is 0.593. The highest BCUT2D eigenvalue weighted by atomic mass is 32.2. The van der Waals surface area contributed by atoms with Crippen LogP contribution in [0.25, 0.3) is 0 Å². The molecule has 0 aromatic rings. The number of sulfonamides is 1. The van der Waals surface area contributed by atoms with E-state index in [4.69, 9.17) is 10.4 Å². The first-order valence-corrected chi connectivity index (χ1v) is 4.64. The van der Waals surface area contributed by atoms with E-state index in [0.29, 0.717) is 6.42 Å². The molecule has 0 radical (unpaired) electrons. The standard InChI is InChI=1S/C5H8N2O2S/c6-2-4-1-5(4)3-10(7,8)9/h4-5H,1,3H2,(H2,7,8,9)/t4-,5-/m0/s1. The molecule has 0 heterocycles. The fraction of sp³-hybridized carbons (Fsp3) is 0.800. The molecule has 10 heavy (non-hydrogen) atoms. The van der Waals surface area contributed by atoms with Gasteiger partial charge in [0.25, 0.3) is 0 Å². The quantitative estimate of drug-likeness (QED) is 0.587. The normalized spacial score (nSPS) is 31.2. The van der Waals surface area contributed by atoms with E-state index in [1.165, 1.54) is 0 Å². The van der Waals surface area contributed by atoms with Crippen molar-refractivity contribution in [3.05, 3.63) is 0 Å². The van der Waals surface area contributed by atoms with Crippen molar-refractivity contribution in [2.45, 2.75) is 6.42 Å². The fourth-order valence-electron chi connectivity index (χ4n) is 0.888. The van der Waals surface area contributed by atoms with Crippen LogP contribution in [0.2, 0.25) is 0 Å². The van der Waals surface area contributed by atoms with E-state index in [1.54, 1.807) is 0 Å². The molecule has 1 fully saturated rings. The maximum Gasteiger partial charge on any atom is 0.209 e. The first-order chi connectivity index (χ1) is 4.53. The molecule has 0 unspecified atom stereocenters. The highest BCUT2D eigenvalue weighted by molar-refractivity contribution is 7.89. The van der Waals surface area contributed by atoms with Crippen molar-refractivity contribution in [2.75, 3.05) is 5.75 Å². The van der Waals surface area contributed by atoms with Crippen molar-refractivity contribution in [1.29, 1.82) is 5.26 Å². The van der Waals surface area contributed by atoms with E-state index < -0.39 is 10.0 Å². The fourth-order valence-corrected chi connectivity index (χ4v) is 1.85. The molecular formula is C5H8N2O2S. The summed E-state index contributed by atoms with van der Waals surface area (Å²) in [5, 5.41) is 13.0. The molecule has 0 aliphatic heterocycles. The Morgan fingerprint density at radius 3 is 2.60 bits per heavy atom. The lowest BCUT2D eigenvalue weighted by Crippen LogP contribution is -2.18. The minimum absolute atomic E-state index is 0.000000000000000444. The lowest BCUT2D eigenvalue weighted by atomic mass is 10.4. The molecule has 0 aromatic heterocycles. The van der Waals surface area contributed by atoms with Crippen LogP contribution in [-0.2, 0) is 10.0 Å². The minimum Gasteiger partial charge on any atom is -0.229 e. The van der Waals surface area contributed by atoms with Crippen LogP contribution in [0.5, 0.6) is 0 Å². The van der Waals surface area contributed by atoms with Crippen molar-refractivity contribution in [2.24, 2.45) is 17.0 Å². The van der Waals surface area contributed by atoms with Gasteiger partial charge in [0.1, 0.15) is 0 Å². The molecular weight excluding hydrogens is 152 g/mol. The molecule has 56 valence electrons. The second-order valence-corrected chi connectivity index (χ2v) is 4.22. The zero-order chi connectivity index (χ0) is 7.78. The molecule has 1 aliphatic rings. The summed E-state index contributed by atoms with van der Waals surface area (Å²) in [6.07, 6.45) is 0.687. The predicted molar refractivity (Wildman–Crippen MR) is 35.2 cm³/mol.